The number of rotatable bonds is 6. The standard InChI is InChI=1S/C21H24N8O2S2/c1-26-15-19(11-22-26)33(30,31)28-9-5-8-17(13-28)20-24-25-21(32)29(20)18-10-23-27(14-18)12-16-6-3-2-4-7-16/h2-4,6-7,10-11,14-15,17H,5,8-9,12-13H2,1H3,(H,25,32)/t17-/m1/s1. The molecule has 5 rings (SSSR count). The maximum Gasteiger partial charge on any atom is 0.246 e. The Balaban J connectivity index is 1.41. The minimum atomic E-state index is -3.62. The number of hydrogen-bond donors (Lipinski definition) is 1. The molecule has 0 radical (unpaired) electrons. The zero-order valence-corrected chi connectivity index (χ0v) is 19.7. The summed E-state index contributed by atoms with van der Waals surface area (Å²) in [7, 11) is -1.92. The highest BCUT2D eigenvalue weighted by atomic mass is 32.2. The van der Waals surface area contributed by atoms with Crippen LogP contribution >= 0.6 is 12.2 Å². The summed E-state index contributed by atoms with van der Waals surface area (Å²) in [6.07, 6.45) is 8.14. The molecule has 0 saturated carbocycles. The van der Waals surface area contributed by atoms with E-state index in [0.717, 1.165) is 24.1 Å². The highest BCUT2D eigenvalue weighted by Crippen LogP contribution is 2.30. The Morgan fingerprint density at radius 2 is 1.97 bits per heavy atom. The van der Waals surface area contributed by atoms with E-state index in [0.29, 0.717) is 30.2 Å². The van der Waals surface area contributed by atoms with Crippen LogP contribution in [0.25, 0.3) is 5.69 Å². The third kappa shape index (κ3) is 4.28. The number of aryl methyl sites for hydroxylation is 1. The molecule has 0 amide bonds. The van der Waals surface area contributed by atoms with Crippen LogP contribution < -0.4 is 0 Å². The molecule has 12 heteroatoms. The highest BCUT2D eigenvalue weighted by Gasteiger charge is 2.34. The number of sulfonamides is 1. The molecule has 0 bridgehead atoms. The van der Waals surface area contributed by atoms with E-state index in [1.165, 1.54) is 21.4 Å². The van der Waals surface area contributed by atoms with Crippen molar-refractivity contribution in [1.29, 1.82) is 0 Å². The van der Waals surface area contributed by atoms with E-state index in [1.807, 2.05) is 33.6 Å². The van der Waals surface area contributed by atoms with Gasteiger partial charge in [-0.3, -0.25) is 19.0 Å². The van der Waals surface area contributed by atoms with Gasteiger partial charge in [0.2, 0.25) is 10.0 Å². The molecule has 1 atom stereocenters. The summed E-state index contributed by atoms with van der Waals surface area (Å²) in [5, 5.41) is 15.8. The van der Waals surface area contributed by atoms with Crippen molar-refractivity contribution in [2.75, 3.05) is 13.1 Å². The van der Waals surface area contributed by atoms with Gasteiger partial charge in [0, 0.05) is 38.4 Å². The van der Waals surface area contributed by atoms with Gasteiger partial charge in [-0.25, -0.2) is 8.42 Å². The lowest BCUT2D eigenvalue weighted by Gasteiger charge is -2.31. The molecule has 1 saturated heterocycles. The van der Waals surface area contributed by atoms with Gasteiger partial charge in [0.05, 0.1) is 24.6 Å². The summed E-state index contributed by atoms with van der Waals surface area (Å²) in [4.78, 5) is 0.201. The predicted molar refractivity (Wildman–Crippen MR) is 124 cm³/mol. The summed E-state index contributed by atoms with van der Waals surface area (Å²) in [6, 6.07) is 10.1. The Morgan fingerprint density at radius 3 is 2.73 bits per heavy atom. The van der Waals surface area contributed by atoms with Crippen LogP contribution in [0.15, 0.2) is 60.0 Å². The van der Waals surface area contributed by atoms with Crippen LogP contribution in [0.4, 0.5) is 0 Å². The summed E-state index contributed by atoms with van der Waals surface area (Å²) >= 11 is 5.51. The summed E-state index contributed by atoms with van der Waals surface area (Å²) in [5.41, 5.74) is 1.94. The molecule has 0 spiro atoms. The predicted octanol–water partition coefficient (Wildman–Crippen LogP) is 2.48. The molecule has 4 aromatic rings. The Bertz CT molecular complexity index is 1420. The Labute approximate surface area is 196 Å². The van der Waals surface area contributed by atoms with Gasteiger partial charge in [-0.05, 0) is 30.6 Å². The third-order valence-corrected chi connectivity index (χ3v) is 7.92. The molecule has 1 fully saturated rings. The lowest BCUT2D eigenvalue weighted by Crippen LogP contribution is -2.39. The van der Waals surface area contributed by atoms with Gasteiger partial charge in [-0.1, -0.05) is 30.3 Å². The van der Waals surface area contributed by atoms with Crippen LogP contribution in [0, 0.1) is 4.77 Å². The SMILES string of the molecule is Cn1cc(S(=O)(=O)N2CCC[C@@H](c3n[nH]c(=S)n3-c3cnn(Cc4ccccc4)c3)C2)cn1. The van der Waals surface area contributed by atoms with Crippen molar-refractivity contribution in [1.82, 2.24) is 38.6 Å². The normalized spacial score (nSPS) is 17.4. The van der Waals surface area contributed by atoms with E-state index in [4.69, 9.17) is 12.2 Å². The van der Waals surface area contributed by atoms with Gasteiger partial charge in [0.15, 0.2) is 4.77 Å². The summed E-state index contributed by atoms with van der Waals surface area (Å²) in [6.45, 7) is 1.44. The molecular weight excluding hydrogens is 460 g/mol. The topological polar surface area (TPSA) is 107 Å². The van der Waals surface area contributed by atoms with Crippen LogP contribution in [0.5, 0.6) is 0 Å². The molecule has 1 aromatic carbocycles. The van der Waals surface area contributed by atoms with E-state index in [1.54, 1.807) is 13.2 Å². The van der Waals surface area contributed by atoms with Crippen LogP contribution in [0.3, 0.4) is 0 Å². The second kappa shape index (κ2) is 8.69. The molecule has 172 valence electrons. The van der Waals surface area contributed by atoms with Gasteiger partial charge in [-0.2, -0.15) is 19.6 Å². The van der Waals surface area contributed by atoms with Gasteiger partial charge < -0.3 is 0 Å². The van der Waals surface area contributed by atoms with Gasteiger partial charge in [0.1, 0.15) is 10.7 Å². The number of piperidine rings is 1. The Morgan fingerprint density at radius 1 is 1.15 bits per heavy atom. The number of hydrogen-bond acceptors (Lipinski definition) is 6. The zero-order chi connectivity index (χ0) is 23.0. The zero-order valence-electron chi connectivity index (χ0n) is 18.1. The van der Waals surface area contributed by atoms with Crippen molar-refractivity contribution in [3.8, 4) is 5.69 Å². The fraction of sp³-hybridized carbons (Fsp3) is 0.333. The third-order valence-electron chi connectivity index (χ3n) is 5.83. The van der Waals surface area contributed by atoms with Gasteiger partial charge >= 0.3 is 0 Å². The van der Waals surface area contributed by atoms with E-state index >= 15 is 0 Å². The van der Waals surface area contributed by atoms with Crippen molar-refractivity contribution in [2.45, 2.75) is 30.2 Å². The molecule has 4 heterocycles. The number of nitrogens with zero attached hydrogens (tertiary/aromatic N) is 7. The van der Waals surface area contributed by atoms with Crippen LogP contribution in [-0.2, 0) is 23.6 Å². The number of aromatic amines is 1. The molecule has 1 aliphatic heterocycles. The molecule has 10 nitrogen and oxygen atoms in total. The van der Waals surface area contributed by atoms with Gasteiger partial charge in [-0.15, -0.1) is 0 Å². The minimum Gasteiger partial charge on any atom is -0.274 e. The van der Waals surface area contributed by atoms with Crippen molar-refractivity contribution < 1.29 is 8.42 Å². The van der Waals surface area contributed by atoms with Crippen molar-refractivity contribution in [3.63, 3.8) is 0 Å². The van der Waals surface area contributed by atoms with Crippen molar-refractivity contribution >= 4 is 22.2 Å². The quantitative estimate of drug-likeness (QED) is 0.422. The maximum absolute atomic E-state index is 13.1. The number of H-pyrrole nitrogens is 1. The molecule has 0 unspecified atom stereocenters. The largest absolute Gasteiger partial charge is 0.274 e. The lowest BCUT2D eigenvalue weighted by atomic mass is 9.99. The van der Waals surface area contributed by atoms with E-state index in [9.17, 15) is 8.42 Å². The van der Waals surface area contributed by atoms with E-state index in [2.05, 4.69) is 32.5 Å². The van der Waals surface area contributed by atoms with Crippen molar-refractivity contribution in [3.05, 3.63) is 71.3 Å². The van der Waals surface area contributed by atoms with E-state index in [-0.39, 0.29) is 10.8 Å². The first-order chi connectivity index (χ1) is 15.9. The molecule has 1 aliphatic rings. The number of nitrogens with one attached hydrogen (secondary N) is 1. The Kier molecular flexibility index (Phi) is 5.72. The molecule has 3 aromatic heterocycles. The Hall–Kier alpha value is -3.09. The monoisotopic (exact) mass is 484 g/mol. The molecule has 33 heavy (non-hydrogen) atoms. The second-order valence-corrected chi connectivity index (χ2v) is 10.5. The first-order valence-electron chi connectivity index (χ1n) is 10.6. The smallest absolute Gasteiger partial charge is 0.246 e. The maximum atomic E-state index is 13.1. The van der Waals surface area contributed by atoms with Crippen molar-refractivity contribution in [2.24, 2.45) is 7.05 Å². The fourth-order valence-corrected chi connectivity index (χ4v) is 5.96. The number of aromatic nitrogens is 7. The first kappa shape index (κ1) is 21.7. The second-order valence-electron chi connectivity index (χ2n) is 8.16. The molecular formula is C21H24N8O2S2. The van der Waals surface area contributed by atoms with E-state index < -0.39 is 10.0 Å². The average molecular weight is 485 g/mol. The highest BCUT2D eigenvalue weighted by molar-refractivity contribution is 7.89. The summed E-state index contributed by atoms with van der Waals surface area (Å²) < 4.78 is 33.4. The number of benzene rings is 1. The molecule has 1 N–H and O–H groups in total. The average Bonchev–Trinajstić information content (AvgIpc) is 3.55. The first-order valence-corrected chi connectivity index (χ1v) is 12.5. The minimum absolute atomic E-state index is 0.101. The lowest BCUT2D eigenvalue weighted by molar-refractivity contribution is 0.307. The fourth-order valence-electron chi connectivity index (χ4n) is 4.21. The van der Waals surface area contributed by atoms with Gasteiger partial charge in [0.25, 0.3) is 0 Å². The van der Waals surface area contributed by atoms with Crippen LogP contribution in [-0.4, -0.2) is 60.1 Å². The summed E-state index contributed by atoms with van der Waals surface area (Å²) in [5.74, 6) is 0.612. The van der Waals surface area contributed by atoms with Crippen LogP contribution in [0.1, 0.15) is 30.1 Å². The van der Waals surface area contributed by atoms with Crippen LogP contribution in [0.2, 0.25) is 0 Å². The molecule has 0 aliphatic carbocycles.